The van der Waals surface area contributed by atoms with Crippen LogP contribution in [-0.2, 0) is 16.0 Å². The molecule has 2 N–H and O–H groups in total. The maximum Gasteiger partial charge on any atom is 0.349 e. The molecular weight excluding hydrogens is 210 g/mol. The van der Waals surface area contributed by atoms with Crippen molar-refractivity contribution >= 4 is 5.82 Å². The van der Waals surface area contributed by atoms with E-state index in [-0.39, 0.29) is 17.6 Å². The Balaban J connectivity index is 2.88. The third-order valence-corrected chi connectivity index (χ3v) is 2.30. The van der Waals surface area contributed by atoms with Crippen LogP contribution in [0.4, 0.5) is 5.82 Å². The van der Waals surface area contributed by atoms with Crippen LogP contribution in [0.2, 0.25) is 0 Å². The highest BCUT2D eigenvalue weighted by Gasteiger charge is 2.10. The molecule has 1 unspecified atom stereocenters. The van der Waals surface area contributed by atoms with E-state index in [2.05, 4.69) is 4.98 Å². The van der Waals surface area contributed by atoms with Crippen molar-refractivity contribution in [2.75, 3.05) is 26.6 Å². The molecule has 1 atom stereocenters. The van der Waals surface area contributed by atoms with E-state index < -0.39 is 0 Å². The Morgan fingerprint density at radius 2 is 2.25 bits per heavy atom. The summed E-state index contributed by atoms with van der Waals surface area (Å²) in [5.74, 6) is 0.266. The number of hydrogen-bond acceptors (Lipinski definition) is 5. The van der Waals surface area contributed by atoms with E-state index >= 15 is 0 Å². The first kappa shape index (κ1) is 12.7. The zero-order valence-electron chi connectivity index (χ0n) is 9.77. The lowest BCUT2D eigenvalue weighted by molar-refractivity contribution is 0.0175. The van der Waals surface area contributed by atoms with Gasteiger partial charge in [-0.05, 0) is 6.92 Å². The Morgan fingerprint density at radius 1 is 1.56 bits per heavy atom. The topological polar surface area (TPSA) is 79.4 Å². The molecule has 1 aromatic rings. The van der Waals surface area contributed by atoms with Gasteiger partial charge in [-0.25, -0.2) is 4.79 Å². The highest BCUT2D eigenvalue weighted by atomic mass is 16.5. The second-order valence-electron chi connectivity index (χ2n) is 3.56. The summed E-state index contributed by atoms with van der Waals surface area (Å²) < 4.78 is 11.6. The van der Waals surface area contributed by atoms with Crippen LogP contribution >= 0.6 is 0 Å². The highest BCUT2D eigenvalue weighted by molar-refractivity contribution is 5.34. The van der Waals surface area contributed by atoms with E-state index in [0.29, 0.717) is 13.2 Å². The second kappa shape index (κ2) is 5.62. The molecule has 0 aromatic carbocycles. The van der Waals surface area contributed by atoms with Crippen LogP contribution in [0, 0.1) is 6.92 Å². The Kier molecular flexibility index (Phi) is 4.45. The van der Waals surface area contributed by atoms with E-state index in [1.165, 1.54) is 4.57 Å². The molecular formula is C10H17N3O3. The summed E-state index contributed by atoms with van der Waals surface area (Å²) in [6, 6.07) is 0. The third kappa shape index (κ3) is 3.04. The van der Waals surface area contributed by atoms with Gasteiger partial charge in [0, 0.05) is 26.0 Å². The van der Waals surface area contributed by atoms with Crippen LogP contribution < -0.4 is 11.4 Å². The van der Waals surface area contributed by atoms with Crippen molar-refractivity contribution in [3.05, 3.63) is 22.2 Å². The minimum Gasteiger partial charge on any atom is -0.383 e. The molecule has 0 bridgehead atoms. The van der Waals surface area contributed by atoms with Crippen LogP contribution in [0.15, 0.2) is 11.0 Å². The van der Waals surface area contributed by atoms with Gasteiger partial charge in [0.1, 0.15) is 5.82 Å². The van der Waals surface area contributed by atoms with Gasteiger partial charge in [0.15, 0.2) is 0 Å². The molecule has 0 saturated heterocycles. The van der Waals surface area contributed by atoms with Gasteiger partial charge in [-0.15, -0.1) is 0 Å². The van der Waals surface area contributed by atoms with Gasteiger partial charge in [0.05, 0.1) is 19.3 Å². The summed E-state index contributed by atoms with van der Waals surface area (Å²) in [6.45, 7) is 2.63. The predicted molar refractivity (Wildman–Crippen MR) is 60.3 cm³/mol. The molecule has 0 aliphatic rings. The fraction of sp³-hybridized carbons (Fsp3) is 0.600. The summed E-state index contributed by atoms with van der Waals surface area (Å²) in [4.78, 5) is 15.2. The number of aryl methyl sites for hydroxylation is 1. The SMILES string of the molecule is COCC(Cn1cc(C)c(N)nc1=O)OC. The molecule has 1 aromatic heterocycles. The lowest BCUT2D eigenvalue weighted by Gasteiger charge is -2.15. The van der Waals surface area contributed by atoms with Crippen molar-refractivity contribution in [1.29, 1.82) is 0 Å². The molecule has 0 amide bonds. The van der Waals surface area contributed by atoms with Crippen LogP contribution in [0.3, 0.4) is 0 Å². The molecule has 6 nitrogen and oxygen atoms in total. The van der Waals surface area contributed by atoms with Crippen LogP contribution in [0.1, 0.15) is 5.56 Å². The Morgan fingerprint density at radius 3 is 2.81 bits per heavy atom. The average Bonchev–Trinajstić information content (AvgIpc) is 2.25. The molecule has 6 heteroatoms. The number of aromatic nitrogens is 2. The summed E-state index contributed by atoms with van der Waals surface area (Å²) in [7, 11) is 3.16. The minimum absolute atomic E-state index is 0.174. The predicted octanol–water partition coefficient (Wildman–Crippen LogP) is -0.205. The smallest absolute Gasteiger partial charge is 0.349 e. The van der Waals surface area contributed by atoms with Crippen LogP contribution in [-0.4, -0.2) is 36.5 Å². The lowest BCUT2D eigenvalue weighted by atomic mass is 10.3. The molecule has 90 valence electrons. The van der Waals surface area contributed by atoms with Gasteiger partial charge in [-0.2, -0.15) is 4.98 Å². The van der Waals surface area contributed by atoms with Gasteiger partial charge < -0.3 is 15.2 Å². The quantitative estimate of drug-likeness (QED) is 0.753. The van der Waals surface area contributed by atoms with Gasteiger partial charge in [-0.3, -0.25) is 4.57 Å². The van der Waals surface area contributed by atoms with E-state index in [4.69, 9.17) is 15.2 Å². The molecule has 0 spiro atoms. The summed E-state index contributed by atoms with van der Waals surface area (Å²) in [5.41, 5.74) is 5.93. The molecule has 0 saturated carbocycles. The number of nitrogens with two attached hydrogens (primary N) is 1. The Labute approximate surface area is 94.0 Å². The fourth-order valence-corrected chi connectivity index (χ4v) is 1.34. The molecule has 0 radical (unpaired) electrons. The van der Waals surface area contributed by atoms with Gasteiger partial charge in [0.25, 0.3) is 0 Å². The van der Waals surface area contributed by atoms with Gasteiger partial charge in [0.2, 0.25) is 0 Å². The van der Waals surface area contributed by atoms with Crippen molar-refractivity contribution in [3.63, 3.8) is 0 Å². The monoisotopic (exact) mass is 227 g/mol. The number of rotatable bonds is 5. The van der Waals surface area contributed by atoms with Gasteiger partial charge >= 0.3 is 5.69 Å². The summed E-state index contributed by atoms with van der Waals surface area (Å²) in [5, 5.41) is 0. The average molecular weight is 227 g/mol. The lowest BCUT2D eigenvalue weighted by Crippen LogP contribution is -2.32. The Bertz CT molecular complexity index is 403. The van der Waals surface area contributed by atoms with Crippen LogP contribution in [0.25, 0.3) is 0 Å². The van der Waals surface area contributed by atoms with Crippen molar-refractivity contribution < 1.29 is 9.47 Å². The number of methoxy groups -OCH3 is 2. The maximum absolute atomic E-state index is 11.5. The largest absolute Gasteiger partial charge is 0.383 e. The molecule has 16 heavy (non-hydrogen) atoms. The molecule has 0 fully saturated rings. The van der Waals surface area contributed by atoms with E-state index in [1.54, 1.807) is 27.3 Å². The first-order chi connectivity index (χ1) is 7.58. The summed E-state index contributed by atoms with van der Waals surface area (Å²) >= 11 is 0. The van der Waals surface area contributed by atoms with E-state index in [9.17, 15) is 4.79 Å². The normalized spacial score (nSPS) is 12.7. The summed E-state index contributed by atoms with van der Waals surface area (Å²) in [6.07, 6.45) is 1.50. The maximum atomic E-state index is 11.5. The van der Waals surface area contributed by atoms with Gasteiger partial charge in [-0.1, -0.05) is 0 Å². The second-order valence-corrected chi connectivity index (χ2v) is 3.56. The zero-order chi connectivity index (χ0) is 12.1. The number of anilines is 1. The van der Waals surface area contributed by atoms with Crippen molar-refractivity contribution in [2.24, 2.45) is 0 Å². The zero-order valence-corrected chi connectivity index (χ0v) is 9.77. The first-order valence-corrected chi connectivity index (χ1v) is 4.93. The molecule has 1 heterocycles. The van der Waals surface area contributed by atoms with Crippen molar-refractivity contribution in [2.45, 2.75) is 19.6 Å². The molecule has 0 aliphatic heterocycles. The standard InChI is InChI=1S/C10H17N3O3/c1-7-4-13(10(14)12-9(7)11)5-8(16-3)6-15-2/h4,8H,5-6H2,1-3H3,(H2,11,12,14). The Hall–Kier alpha value is -1.40. The molecule has 1 rings (SSSR count). The van der Waals surface area contributed by atoms with E-state index in [0.717, 1.165) is 5.56 Å². The molecule has 0 aliphatic carbocycles. The highest BCUT2D eigenvalue weighted by Crippen LogP contribution is 2.03. The van der Waals surface area contributed by atoms with Crippen molar-refractivity contribution in [1.82, 2.24) is 9.55 Å². The number of nitrogens with zero attached hydrogens (tertiary/aromatic N) is 2. The van der Waals surface area contributed by atoms with Crippen LogP contribution in [0.5, 0.6) is 0 Å². The fourth-order valence-electron chi connectivity index (χ4n) is 1.34. The first-order valence-electron chi connectivity index (χ1n) is 4.93. The van der Waals surface area contributed by atoms with E-state index in [1.807, 2.05) is 0 Å². The number of hydrogen-bond donors (Lipinski definition) is 1. The number of nitrogen functional groups attached to an aromatic ring is 1. The third-order valence-electron chi connectivity index (χ3n) is 2.30. The minimum atomic E-state index is -0.374. The number of ether oxygens (including phenoxy) is 2. The van der Waals surface area contributed by atoms with Crippen molar-refractivity contribution in [3.8, 4) is 0 Å².